The zero-order valence-corrected chi connectivity index (χ0v) is 20.3. The summed E-state index contributed by atoms with van der Waals surface area (Å²) in [5, 5.41) is 10.8. The average molecular weight is 587 g/mol. The minimum Gasteiger partial charge on any atom is -0.381 e. The third-order valence-corrected chi connectivity index (χ3v) is 7.57. The highest BCUT2D eigenvalue weighted by molar-refractivity contribution is 14.1. The first-order valence-corrected chi connectivity index (χ1v) is 12.3. The van der Waals surface area contributed by atoms with E-state index in [1.54, 1.807) is 12.1 Å². The van der Waals surface area contributed by atoms with E-state index in [1.807, 2.05) is 60.7 Å². The van der Waals surface area contributed by atoms with E-state index in [9.17, 15) is 13.5 Å². The van der Waals surface area contributed by atoms with Gasteiger partial charge >= 0.3 is 0 Å². The fourth-order valence-electron chi connectivity index (χ4n) is 2.74. The number of hydrogen-bond donors (Lipinski definition) is 1. The monoisotopic (exact) mass is 585 g/mol. The van der Waals surface area contributed by atoms with Gasteiger partial charge in [0.2, 0.25) is 10.0 Å². The molecular weight excluding hydrogens is 565 g/mol. The Bertz CT molecular complexity index is 842. The van der Waals surface area contributed by atoms with E-state index in [-0.39, 0.29) is 17.4 Å². The normalized spacial score (nSPS) is 14.5. The molecule has 0 saturated carbocycles. The number of aliphatic hydroxyl groups is 1. The minimum atomic E-state index is -3.82. The standard InChI is InChI=1S/C19H22BrClINO3S/c1-13(2)11-18(19(22)24)23(12-14-3-5-15(20)6-4-14)27(25,26)17-9-7-16(21)8-10-17/h3-10,13,18-19,24H,11-12H2,1-2H3. The molecule has 0 aliphatic carbocycles. The van der Waals surface area contributed by atoms with Crippen LogP contribution in [0.5, 0.6) is 0 Å². The first kappa shape index (κ1) is 23.1. The van der Waals surface area contributed by atoms with Crippen molar-refractivity contribution in [2.45, 2.75) is 41.9 Å². The molecule has 27 heavy (non-hydrogen) atoms. The third kappa shape index (κ3) is 6.40. The van der Waals surface area contributed by atoms with Crippen LogP contribution < -0.4 is 0 Å². The van der Waals surface area contributed by atoms with Crippen LogP contribution in [0.2, 0.25) is 5.02 Å². The summed E-state index contributed by atoms with van der Waals surface area (Å²) in [4.78, 5) is 0.162. The van der Waals surface area contributed by atoms with Gasteiger partial charge < -0.3 is 5.11 Å². The Morgan fingerprint density at radius 3 is 2.15 bits per heavy atom. The molecule has 0 heterocycles. The lowest BCUT2D eigenvalue weighted by Crippen LogP contribution is -2.45. The molecule has 4 nitrogen and oxygen atoms in total. The molecule has 148 valence electrons. The molecule has 0 spiro atoms. The average Bonchev–Trinajstić information content (AvgIpc) is 2.59. The van der Waals surface area contributed by atoms with E-state index in [0.717, 1.165) is 10.0 Å². The van der Waals surface area contributed by atoms with Crippen LogP contribution in [-0.2, 0) is 16.6 Å². The van der Waals surface area contributed by atoms with Gasteiger partial charge in [-0.25, -0.2) is 8.42 Å². The molecule has 2 aromatic rings. The number of nitrogens with zero attached hydrogens (tertiary/aromatic N) is 1. The Balaban J connectivity index is 2.49. The van der Waals surface area contributed by atoms with Gasteiger partial charge in [-0.1, -0.05) is 53.5 Å². The van der Waals surface area contributed by atoms with Crippen molar-refractivity contribution in [1.82, 2.24) is 4.31 Å². The van der Waals surface area contributed by atoms with Crippen LogP contribution in [0, 0.1) is 5.92 Å². The van der Waals surface area contributed by atoms with Gasteiger partial charge in [-0.2, -0.15) is 4.31 Å². The molecule has 0 aliphatic heterocycles. The number of rotatable bonds is 8. The molecular formula is C19H22BrClINO3S. The number of aliphatic hydroxyl groups excluding tert-OH is 1. The summed E-state index contributed by atoms with van der Waals surface area (Å²) in [5.74, 6) is 0.229. The molecule has 0 saturated heterocycles. The predicted octanol–water partition coefficient (Wildman–Crippen LogP) is 5.46. The van der Waals surface area contributed by atoms with Gasteiger partial charge in [0.1, 0.15) is 4.11 Å². The Labute approximate surface area is 188 Å². The number of hydrogen-bond acceptors (Lipinski definition) is 3. The number of alkyl halides is 1. The third-order valence-electron chi connectivity index (χ3n) is 4.07. The number of sulfonamides is 1. The molecule has 0 aliphatic rings. The van der Waals surface area contributed by atoms with Crippen LogP contribution in [0.4, 0.5) is 0 Å². The van der Waals surface area contributed by atoms with E-state index in [1.165, 1.54) is 16.4 Å². The maximum atomic E-state index is 13.4. The maximum Gasteiger partial charge on any atom is 0.243 e. The largest absolute Gasteiger partial charge is 0.381 e. The molecule has 0 amide bonds. The molecule has 1 N–H and O–H groups in total. The SMILES string of the molecule is CC(C)CC(C(O)I)N(Cc1ccc(Br)cc1)S(=O)(=O)c1ccc(Cl)cc1. The molecule has 0 bridgehead atoms. The molecule has 0 radical (unpaired) electrons. The van der Waals surface area contributed by atoms with E-state index < -0.39 is 20.2 Å². The molecule has 2 rings (SSSR count). The maximum absolute atomic E-state index is 13.4. The highest BCUT2D eigenvalue weighted by Gasteiger charge is 2.35. The number of benzene rings is 2. The summed E-state index contributed by atoms with van der Waals surface area (Å²) in [7, 11) is -3.82. The highest BCUT2D eigenvalue weighted by atomic mass is 127. The van der Waals surface area contributed by atoms with Crippen molar-refractivity contribution in [2.75, 3.05) is 0 Å². The van der Waals surface area contributed by atoms with E-state index in [0.29, 0.717) is 11.4 Å². The van der Waals surface area contributed by atoms with E-state index in [4.69, 9.17) is 11.6 Å². The van der Waals surface area contributed by atoms with Gasteiger partial charge in [0.05, 0.1) is 10.9 Å². The van der Waals surface area contributed by atoms with Gasteiger partial charge in [0.25, 0.3) is 0 Å². The fraction of sp³-hybridized carbons (Fsp3) is 0.368. The highest BCUT2D eigenvalue weighted by Crippen LogP contribution is 2.29. The first-order valence-electron chi connectivity index (χ1n) is 8.45. The Morgan fingerprint density at radius 2 is 1.67 bits per heavy atom. The topological polar surface area (TPSA) is 57.6 Å². The summed E-state index contributed by atoms with van der Waals surface area (Å²) in [6.45, 7) is 4.20. The van der Waals surface area contributed by atoms with Crippen molar-refractivity contribution in [3.8, 4) is 0 Å². The van der Waals surface area contributed by atoms with Gasteiger partial charge in [0.15, 0.2) is 0 Å². The second-order valence-corrected chi connectivity index (χ2v) is 11.2. The molecule has 0 aromatic heterocycles. The van der Waals surface area contributed by atoms with E-state index in [2.05, 4.69) is 15.9 Å². The summed E-state index contributed by atoms with van der Waals surface area (Å²) >= 11 is 11.2. The van der Waals surface area contributed by atoms with Crippen LogP contribution in [0.25, 0.3) is 0 Å². The smallest absolute Gasteiger partial charge is 0.243 e. The van der Waals surface area contributed by atoms with Crippen molar-refractivity contribution < 1.29 is 13.5 Å². The van der Waals surface area contributed by atoms with Gasteiger partial charge in [-0.3, -0.25) is 0 Å². The Kier molecular flexibility index (Phi) is 8.57. The molecule has 0 fully saturated rings. The van der Waals surface area contributed by atoms with Crippen molar-refractivity contribution in [3.05, 3.63) is 63.6 Å². The Morgan fingerprint density at radius 1 is 1.11 bits per heavy atom. The zero-order chi connectivity index (χ0) is 20.2. The van der Waals surface area contributed by atoms with Crippen LogP contribution in [0.15, 0.2) is 57.9 Å². The van der Waals surface area contributed by atoms with Gasteiger partial charge in [-0.05, 0) is 76.9 Å². The first-order chi connectivity index (χ1) is 12.6. The van der Waals surface area contributed by atoms with Gasteiger partial charge in [0, 0.05) is 16.0 Å². The van der Waals surface area contributed by atoms with E-state index >= 15 is 0 Å². The second-order valence-electron chi connectivity index (χ2n) is 6.70. The lowest BCUT2D eigenvalue weighted by Gasteiger charge is -2.33. The van der Waals surface area contributed by atoms with Gasteiger partial charge in [-0.15, -0.1) is 0 Å². The molecule has 8 heteroatoms. The summed E-state index contributed by atoms with van der Waals surface area (Å²) in [5.41, 5.74) is 0.849. The van der Waals surface area contributed by atoms with Crippen molar-refractivity contribution in [3.63, 3.8) is 0 Å². The Hall–Kier alpha value is -0.190. The van der Waals surface area contributed by atoms with Crippen LogP contribution in [-0.4, -0.2) is 28.0 Å². The van der Waals surface area contributed by atoms with Crippen molar-refractivity contribution in [1.29, 1.82) is 0 Å². The van der Waals surface area contributed by atoms with Crippen molar-refractivity contribution >= 4 is 60.1 Å². The zero-order valence-electron chi connectivity index (χ0n) is 15.0. The second kappa shape index (κ2) is 10.0. The number of halogens is 3. The summed E-state index contributed by atoms with van der Waals surface area (Å²) in [6, 6.07) is 13.1. The minimum absolute atomic E-state index is 0.162. The lowest BCUT2D eigenvalue weighted by molar-refractivity contribution is 0.150. The van der Waals surface area contributed by atoms with Crippen molar-refractivity contribution in [2.24, 2.45) is 5.92 Å². The summed E-state index contributed by atoms with van der Waals surface area (Å²) < 4.78 is 28.3. The molecule has 2 atom stereocenters. The quantitative estimate of drug-likeness (QED) is 0.330. The fourth-order valence-corrected chi connectivity index (χ4v) is 5.66. The lowest BCUT2D eigenvalue weighted by atomic mass is 10.0. The molecule has 2 aromatic carbocycles. The molecule has 2 unspecified atom stereocenters. The van der Waals surface area contributed by atoms with Crippen LogP contribution in [0.3, 0.4) is 0 Å². The predicted molar refractivity (Wildman–Crippen MR) is 122 cm³/mol. The summed E-state index contributed by atoms with van der Waals surface area (Å²) in [6.07, 6.45) is 0.549. The van der Waals surface area contributed by atoms with Crippen LogP contribution in [0.1, 0.15) is 25.8 Å². The van der Waals surface area contributed by atoms with Crippen LogP contribution >= 0.6 is 50.1 Å².